The molecular formula is C11H14N2. The topological polar surface area (TPSA) is 17.3 Å². The molecule has 0 unspecified atom stereocenters. The molecule has 2 aromatic heterocycles. The van der Waals surface area contributed by atoms with Gasteiger partial charge in [0.2, 0.25) is 0 Å². The van der Waals surface area contributed by atoms with Crippen molar-refractivity contribution in [2.45, 2.75) is 26.2 Å². The smallest absolute Gasteiger partial charge is 0.0666 e. The Bertz CT molecular complexity index is 390. The zero-order valence-corrected chi connectivity index (χ0v) is 7.90. The molecule has 0 aliphatic heterocycles. The van der Waals surface area contributed by atoms with Crippen molar-refractivity contribution >= 4 is 5.52 Å². The predicted molar refractivity (Wildman–Crippen MR) is 53.8 cm³/mol. The van der Waals surface area contributed by atoms with Crippen LogP contribution in [0.2, 0.25) is 0 Å². The predicted octanol–water partition coefficient (Wildman–Crippen LogP) is 2.68. The zero-order valence-electron chi connectivity index (χ0n) is 7.90. The Labute approximate surface area is 78.2 Å². The number of hydrogen-bond donors (Lipinski definition) is 0. The van der Waals surface area contributed by atoms with Crippen LogP contribution in [0.4, 0.5) is 0 Å². The van der Waals surface area contributed by atoms with E-state index in [0.717, 1.165) is 6.42 Å². The second kappa shape index (κ2) is 3.60. The molecule has 0 saturated heterocycles. The van der Waals surface area contributed by atoms with Crippen LogP contribution in [0, 0.1) is 0 Å². The van der Waals surface area contributed by atoms with E-state index < -0.39 is 0 Å². The number of aromatic nitrogens is 2. The van der Waals surface area contributed by atoms with Gasteiger partial charge < -0.3 is 4.40 Å². The molecule has 13 heavy (non-hydrogen) atoms. The highest BCUT2D eigenvalue weighted by Crippen LogP contribution is 2.11. The number of rotatable bonds is 3. The Balaban J connectivity index is 2.37. The first-order chi connectivity index (χ1) is 6.42. The molecule has 2 rings (SSSR count). The molecule has 0 atom stereocenters. The molecule has 2 nitrogen and oxygen atoms in total. The van der Waals surface area contributed by atoms with Gasteiger partial charge in [-0.2, -0.15) is 0 Å². The van der Waals surface area contributed by atoms with Crippen LogP contribution in [0.15, 0.2) is 30.7 Å². The molecule has 0 N–H and O–H groups in total. The van der Waals surface area contributed by atoms with Crippen LogP contribution in [0.3, 0.4) is 0 Å². The minimum Gasteiger partial charge on any atom is -0.321 e. The zero-order chi connectivity index (χ0) is 9.10. The SMILES string of the molecule is CCCCc1nccn2cccc12. The molecule has 0 aliphatic carbocycles. The van der Waals surface area contributed by atoms with E-state index in [0.29, 0.717) is 0 Å². The fraction of sp³-hybridized carbons (Fsp3) is 0.364. The fourth-order valence-electron chi connectivity index (χ4n) is 1.57. The third kappa shape index (κ3) is 1.57. The molecule has 2 aromatic rings. The third-order valence-electron chi connectivity index (χ3n) is 2.30. The molecule has 0 radical (unpaired) electrons. The van der Waals surface area contributed by atoms with Crippen LogP contribution in [0.1, 0.15) is 25.5 Å². The summed E-state index contributed by atoms with van der Waals surface area (Å²) in [4.78, 5) is 4.40. The van der Waals surface area contributed by atoms with Crippen LogP contribution in [0.5, 0.6) is 0 Å². The van der Waals surface area contributed by atoms with Crippen molar-refractivity contribution in [2.24, 2.45) is 0 Å². The maximum absolute atomic E-state index is 4.40. The second-order valence-electron chi connectivity index (χ2n) is 3.28. The Kier molecular flexibility index (Phi) is 2.30. The van der Waals surface area contributed by atoms with Crippen LogP contribution < -0.4 is 0 Å². The largest absolute Gasteiger partial charge is 0.321 e. The Morgan fingerprint density at radius 2 is 2.31 bits per heavy atom. The molecule has 0 bridgehead atoms. The van der Waals surface area contributed by atoms with E-state index in [9.17, 15) is 0 Å². The second-order valence-corrected chi connectivity index (χ2v) is 3.28. The van der Waals surface area contributed by atoms with E-state index in [1.165, 1.54) is 24.1 Å². The first-order valence-electron chi connectivity index (χ1n) is 4.82. The average molecular weight is 174 g/mol. The van der Waals surface area contributed by atoms with Gasteiger partial charge in [-0.05, 0) is 25.0 Å². The number of aryl methyl sites for hydroxylation is 1. The van der Waals surface area contributed by atoms with Gasteiger partial charge in [0.15, 0.2) is 0 Å². The third-order valence-corrected chi connectivity index (χ3v) is 2.30. The lowest BCUT2D eigenvalue weighted by atomic mass is 10.2. The summed E-state index contributed by atoms with van der Waals surface area (Å²) in [6, 6.07) is 4.18. The van der Waals surface area contributed by atoms with Gasteiger partial charge in [0.25, 0.3) is 0 Å². The lowest BCUT2D eigenvalue weighted by Gasteiger charge is -2.01. The lowest BCUT2D eigenvalue weighted by Crippen LogP contribution is -1.94. The van der Waals surface area contributed by atoms with Crippen molar-refractivity contribution in [3.05, 3.63) is 36.4 Å². The molecule has 0 aliphatic rings. The number of unbranched alkanes of at least 4 members (excludes halogenated alkanes) is 1. The fourth-order valence-corrected chi connectivity index (χ4v) is 1.57. The first-order valence-corrected chi connectivity index (χ1v) is 4.82. The van der Waals surface area contributed by atoms with Crippen molar-refractivity contribution in [3.63, 3.8) is 0 Å². The minimum absolute atomic E-state index is 1.09. The van der Waals surface area contributed by atoms with Crippen molar-refractivity contribution in [1.82, 2.24) is 9.38 Å². The van der Waals surface area contributed by atoms with Gasteiger partial charge in [0, 0.05) is 18.6 Å². The van der Waals surface area contributed by atoms with Crippen LogP contribution >= 0.6 is 0 Å². The molecule has 0 fully saturated rings. The Morgan fingerprint density at radius 1 is 1.38 bits per heavy atom. The van der Waals surface area contributed by atoms with Gasteiger partial charge in [-0.1, -0.05) is 13.3 Å². The summed E-state index contributed by atoms with van der Waals surface area (Å²) in [5.41, 5.74) is 2.46. The van der Waals surface area contributed by atoms with Gasteiger partial charge in [0.05, 0.1) is 11.2 Å². The van der Waals surface area contributed by atoms with Gasteiger partial charge >= 0.3 is 0 Å². The molecule has 0 spiro atoms. The van der Waals surface area contributed by atoms with Crippen molar-refractivity contribution in [1.29, 1.82) is 0 Å². The van der Waals surface area contributed by atoms with Gasteiger partial charge in [-0.15, -0.1) is 0 Å². The van der Waals surface area contributed by atoms with Gasteiger partial charge in [0.1, 0.15) is 0 Å². The summed E-state index contributed by atoms with van der Waals surface area (Å²) in [6.45, 7) is 2.21. The normalized spacial score (nSPS) is 10.8. The summed E-state index contributed by atoms with van der Waals surface area (Å²) < 4.78 is 2.12. The van der Waals surface area contributed by atoms with E-state index in [1.807, 2.05) is 12.4 Å². The van der Waals surface area contributed by atoms with E-state index in [-0.39, 0.29) is 0 Å². The molecule has 2 heterocycles. The van der Waals surface area contributed by atoms with Crippen molar-refractivity contribution < 1.29 is 0 Å². The van der Waals surface area contributed by atoms with E-state index in [2.05, 4.69) is 34.6 Å². The average Bonchev–Trinajstić information content (AvgIpc) is 2.62. The molecule has 0 aromatic carbocycles. The maximum Gasteiger partial charge on any atom is 0.0666 e. The molecule has 2 heteroatoms. The highest BCUT2D eigenvalue weighted by Gasteiger charge is 2.00. The lowest BCUT2D eigenvalue weighted by molar-refractivity contribution is 0.777. The number of hydrogen-bond acceptors (Lipinski definition) is 1. The van der Waals surface area contributed by atoms with E-state index in [4.69, 9.17) is 0 Å². The molecule has 0 saturated carbocycles. The summed E-state index contributed by atoms with van der Waals surface area (Å²) in [5, 5.41) is 0. The van der Waals surface area contributed by atoms with Gasteiger partial charge in [-0.25, -0.2) is 0 Å². The Morgan fingerprint density at radius 3 is 3.15 bits per heavy atom. The minimum atomic E-state index is 1.09. The van der Waals surface area contributed by atoms with E-state index in [1.54, 1.807) is 0 Å². The number of fused-ring (bicyclic) bond motifs is 1. The molecule has 0 amide bonds. The van der Waals surface area contributed by atoms with Crippen molar-refractivity contribution in [3.8, 4) is 0 Å². The summed E-state index contributed by atoms with van der Waals surface area (Å²) in [5.74, 6) is 0. The van der Waals surface area contributed by atoms with E-state index >= 15 is 0 Å². The molecule has 68 valence electrons. The van der Waals surface area contributed by atoms with Crippen LogP contribution in [0.25, 0.3) is 5.52 Å². The summed E-state index contributed by atoms with van der Waals surface area (Å²) in [6.07, 6.45) is 9.46. The molecular weight excluding hydrogens is 160 g/mol. The quantitative estimate of drug-likeness (QED) is 0.699. The first kappa shape index (κ1) is 8.30. The van der Waals surface area contributed by atoms with Gasteiger partial charge in [-0.3, -0.25) is 4.98 Å². The Hall–Kier alpha value is -1.31. The van der Waals surface area contributed by atoms with Crippen molar-refractivity contribution in [2.75, 3.05) is 0 Å². The standard InChI is InChI=1S/C11H14N2/c1-2-3-5-10-11-6-4-8-13(11)9-7-12-10/h4,6-9H,2-3,5H2,1H3. The van der Waals surface area contributed by atoms with Crippen LogP contribution in [-0.2, 0) is 6.42 Å². The summed E-state index contributed by atoms with van der Waals surface area (Å²) >= 11 is 0. The monoisotopic (exact) mass is 174 g/mol. The highest BCUT2D eigenvalue weighted by molar-refractivity contribution is 5.51. The maximum atomic E-state index is 4.40. The summed E-state index contributed by atoms with van der Waals surface area (Å²) in [7, 11) is 0. The number of nitrogens with zero attached hydrogens (tertiary/aromatic N) is 2. The highest BCUT2D eigenvalue weighted by atomic mass is 14.9. The van der Waals surface area contributed by atoms with Crippen LogP contribution in [-0.4, -0.2) is 9.38 Å².